The van der Waals surface area contributed by atoms with Gasteiger partial charge in [0, 0.05) is 23.5 Å². The molecule has 7 heteroatoms. The van der Waals surface area contributed by atoms with E-state index in [0.717, 1.165) is 33.8 Å². The Balaban J connectivity index is 0.00000272. The fourth-order valence-electron chi connectivity index (χ4n) is 3.37. The van der Waals surface area contributed by atoms with E-state index in [1.807, 2.05) is 78.9 Å². The zero-order valence-electron chi connectivity index (χ0n) is 16.7. The summed E-state index contributed by atoms with van der Waals surface area (Å²) in [4.78, 5) is 24.1. The van der Waals surface area contributed by atoms with Crippen LogP contribution in [0.3, 0.4) is 0 Å². The third-order valence-electron chi connectivity index (χ3n) is 4.88. The Morgan fingerprint density at radius 2 is 1.58 bits per heavy atom. The molecule has 0 fully saturated rings. The molecule has 31 heavy (non-hydrogen) atoms. The highest BCUT2D eigenvalue weighted by Gasteiger charge is 2.27. The summed E-state index contributed by atoms with van der Waals surface area (Å²) in [5.41, 5.74) is 11.1. The average molecular weight is 435 g/mol. The Kier molecular flexibility index (Phi) is 7.07. The maximum Gasteiger partial charge on any atom is 0.258 e. The smallest absolute Gasteiger partial charge is 0.258 e. The highest BCUT2D eigenvalue weighted by atomic mass is 35.5. The van der Waals surface area contributed by atoms with Crippen LogP contribution in [0, 0.1) is 0 Å². The van der Waals surface area contributed by atoms with E-state index < -0.39 is 0 Å². The van der Waals surface area contributed by atoms with E-state index in [0.29, 0.717) is 12.1 Å². The number of nitrogens with two attached hydrogens (primary N) is 1. The molecule has 6 nitrogen and oxygen atoms in total. The number of rotatable bonds is 6. The van der Waals surface area contributed by atoms with Crippen LogP contribution in [0.1, 0.15) is 16.7 Å². The molecular weight excluding hydrogens is 412 g/mol. The first-order valence-electron chi connectivity index (χ1n) is 9.69. The SMILES string of the molecule is Cl.NCC(=O)NCc1ccc(N/C(=C2\C(=O)Nc3ccccc32)c2ccccc2)cc1. The van der Waals surface area contributed by atoms with Gasteiger partial charge >= 0.3 is 0 Å². The molecule has 0 aromatic heterocycles. The number of hydrogen-bond donors (Lipinski definition) is 4. The number of benzene rings is 3. The summed E-state index contributed by atoms with van der Waals surface area (Å²) >= 11 is 0. The molecule has 0 saturated heterocycles. The van der Waals surface area contributed by atoms with E-state index in [1.54, 1.807) is 0 Å². The normalized spacial score (nSPS) is 13.5. The highest BCUT2D eigenvalue weighted by Crippen LogP contribution is 2.37. The van der Waals surface area contributed by atoms with Gasteiger partial charge in [-0.1, -0.05) is 60.7 Å². The predicted molar refractivity (Wildman–Crippen MR) is 127 cm³/mol. The Labute approximate surface area is 187 Å². The summed E-state index contributed by atoms with van der Waals surface area (Å²) in [6, 6.07) is 25.1. The molecular formula is C24H23ClN4O2. The van der Waals surface area contributed by atoms with Crippen molar-refractivity contribution in [3.63, 3.8) is 0 Å². The summed E-state index contributed by atoms with van der Waals surface area (Å²) in [5.74, 6) is -0.331. The van der Waals surface area contributed by atoms with Gasteiger partial charge in [0.15, 0.2) is 0 Å². The molecule has 1 heterocycles. The summed E-state index contributed by atoms with van der Waals surface area (Å²) in [6.45, 7) is 0.385. The van der Waals surface area contributed by atoms with Crippen LogP contribution >= 0.6 is 12.4 Å². The van der Waals surface area contributed by atoms with Gasteiger partial charge < -0.3 is 21.7 Å². The fraction of sp³-hybridized carbons (Fsp3) is 0.0833. The number of halogens is 1. The average Bonchev–Trinajstić information content (AvgIpc) is 3.12. The Morgan fingerprint density at radius 3 is 2.29 bits per heavy atom. The summed E-state index contributed by atoms with van der Waals surface area (Å²) < 4.78 is 0. The molecule has 2 amide bonds. The lowest BCUT2D eigenvalue weighted by molar-refractivity contribution is -0.119. The van der Waals surface area contributed by atoms with Gasteiger partial charge in [0.05, 0.1) is 17.8 Å². The summed E-state index contributed by atoms with van der Waals surface area (Å²) in [5, 5.41) is 9.11. The van der Waals surface area contributed by atoms with Crippen molar-refractivity contribution in [3.8, 4) is 0 Å². The van der Waals surface area contributed by atoms with Crippen molar-refractivity contribution in [2.45, 2.75) is 6.54 Å². The number of anilines is 2. The zero-order valence-corrected chi connectivity index (χ0v) is 17.5. The Morgan fingerprint density at radius 1 is 0.903 bits per heavy atom. The minimum atomic E-state index is -0.195. The van der Waals surface area contributed by atoms with E-state index in [1.165, 1.54) is 0 Å². The second-order valence-electron chi connectivity index (χ2n) is 6.92. The molecule has 0 spiro atoms. The lowest BCUT2D eigenvalue weighted by Gasteiger charge is -2.15. The van der Waals surface area contributed by atoms with E-state index in [4.69, 9.17) is 5.73 Å². The van der Waals surface area contributed by atoms with Gasteiger partial charge in [-0.2, -0.15) is 0 Å². The highest BCUT2D eigenvalue weighted by molar-refractivity contribution is 6.37. The van der Waals surface area contributed by atoms with Gasteiger partial charge in [0.2, 0.25) is 5.91 Å². The first kappa shape index (κ1) is 22.1. The molecule has 1 aliphatic rings. The molecule has 5 N–H and O–H groups in total. The lowest BCUT2D eigenvalue weighted by Crippen LogP contribution is -2.29. The minimum absolute atomic E-state index is 0. The number of fused-ring (bicyclic) bond motifs is 1. The largest absolute Gasteiger partial charge is 0.354 e. The number of hydrogen-bond acceptors (Lipinski definition) is 4. The second-order valence-corrected chi connectivity index (χ2v) is 6.92. The third kappa shape index (κ3) is 4.94. The van der Waals surface area contributed by atoms with E-state index >= 15 is 0 Å². The van der Waals surface area contributed by atoms with Crippen LogP contribution in [0.15, 0.2) is 78.9 Å². The molecule has 3 aromatic carbocycles. The maximum absolute atomic E-state index is 12.8. The van der Waals surface area contributed by atoms with Crippen LogP contribution in [0.5, 0.6) is 0 Å². The van der Waals surface area contributed by atoms with Crippen LogP contribution in [-0.4, -0.2) is 18.4 Å². The molecule has 1 aliphatic heterocycles. The Hall–Kier alpha value is -3.61. The number of para-hydroxylation sites is 1. The quantitative estimate of drug-likeness (QED) is 0.445. The van der Waals surface area contributed by atoms with Crippen molar-refractivity contribution in [2.24, 2.45) is 5.73 Å². The van der Waals surface area contributed by atoms with Gasteiger partial charge in [0.1, 0.15) is 0 Å². The van der Waals surface area contributed by atoms with E-state index in [-0.39, 0.29) is 30.8 Å². The van der Waals surface area contributed by atoms with Gasteiger partial charge in [-0.05, 0) is 29.3 Å². The molecule has 0 saturated carbocycles. The third-order valence-corrected chi connectivity index (χ3v) is 4.88. The van der Waals surface area contributed by atoms with Gasteiger partial charge in [-0.15, -0.1) is 12.4 Å². The first-order valence-corrected chi connectivity index (χ1v) is 9.69. The number of nitrogens with one attached hydrogen (secondary N) is 3. The minimum Gasteiger partial charge on any atom is -0.354 e. The monoisotopic (exact) mass is 434 g/mol. The van der Waals surface area contributed by atoms with Crippen molar-refractivity contribution in [2.75, 3.05) is 17.2 Å². The molecule has 0 atom stereocenters. The van der Waals surface area contributed by atoms with Crippen LogP contribution in [0.2, 0.25) is 0 Å². The van der Waals surface area contributed by atoms with Crippen LogP contribution in [0.4, 0.5) is 11.4 Å². The Bertz CT molecular complexity index is 1110. The van der Waals surface area contributed by atoms with Crippen molar-refractivity contribution < 1.29 is 9.59 Å². The second kappa shape index (κ2) is 9.93. The van der Waals surface area contributed by atoms with Gasteiger partial charge in [-0.25, -0.2) is 0 Å². The molecule has 3 aromatic rings. The predicted octanol–water partition coefficient (Wildman–Crippen LogP) is 3.62. The molecule has 0 aliphatic carbocycles. The standard InChI is InChI=1S/C24H22N4O2.ClH/c25-14-21(29)26-15-16-10-12-18(13-11-16)27-23(17-6-2-1-3-7-17)22-19-8-4-5-9-20(19)28-24(22)30;/h1-13,27H,14-15,25H2,(H,26,29)(H,28,30);1H/b23-22-;. The van der Waals surface area contributed by atoms with Crippen molar-refractivity contribution in [1.82, 2.24) is 5.32 Å². The topological polar surface area (TPSA) is 96.2 Å². The number of amides is 2. The molecule has 0 bridgehead atoms. The van der Waals surface area contributed by atoms with Crippen molar-refractivity contribution >= 4 is 46.9 Å². The van der Waals surface area contributed by atoms with Crippen LogP contribution in [0.25, 0.3) is 11.3 Å². The number of carbonyl (C=O) groups is 2. The maximum atomic E-state index is 12.8. The van der Waals surface area contributed by atoms with Crippen molar-refractivity contribution in [1.29, 1.82) is 0 Å². The lowest BCUT2D eigenvalue weighted by atomic mass is 10.00. The zero-order chi connectivity index (χ0) is 20.9. The fourth-order valence-corrected chi connectivity index (χ4v) is 3.37. The van der Waals surface area contributed by atoms with Gasteiger partial charge in [-0.3, -0.25) is 9.59 Å². The van der Waals surface area contributed by atoms with Crippen LogP contribution in [-0.2, 0) is 16.1 Å². The van der Waals surface area contributed by atoms with E-state index in [9.17, 15) is 9.59 Å². The summed E-state index contributed by atoms with van der Waals surface area (Å²) in [7, 11) is 0. The van der Waals surface area contributed by atoms with Gasteiger partial charge in [0.25, 0.3) is 5.91 Å². The molecule has 4 rings (SSSR count). The number of carbonyl (C=O) groups excluding carboxylic acids is 2. The summed E-state index contributed by atoms with van der Waals surface area (Å²) in [6.07, 6.45) is 0. The molecule has 0 radical (unpaired) electrons. The molecule has 0 unspecified atom stereocenters. The first-order chi connectivity index (χ1) is 14.7. The van der Waals surface area contributed by atoms with Crippen molar-refractivity contribution in [3.05, 3.63) is 95.6 Å². The van der Waals surface area contributed by atoms with E-state index in [2.05, 4.69) is 16.0 Å². The molecule has 158 valence electrons. The van der Waals surface area contributed by atoms with Crippen LogP contribution < -0.4 is 21.7 Å².